The molecule has 1 atom stereocenters. The molecule has 1 aliphatic heterocycles. The number of alkyl halides is 1. The van der Waals surface area contributed by atoms with Crippen LogP contribution in [0, 0.1) is 0 Å². The molecule has 1 rings (SSSR count). The molecule has 3 heteroatoms. The van der Waals surface area contributed by atoms with Gasteiger partial charge in [-0.15, -0.1) is 0 Å². The Hall–Kier alpha value is 0.140. The van der Waals surface area contributed by atoms with E-state index in [0.717, 1.165) is 18.4 Å². The van der Waals surface area contributed by atoms with Crippen LogP contribution in [-0.4, -0.2) is 24.8 Å². The van der Waals surface area contributed by atoms with Crippen molar-refractivity contribution < 1.29 is 9.47 Å². The van der Waals surface area contributed by atoms with Crippen LogP contribution in [0.5, 0.6) is 0 Å². The van der Waals surface area contributed by atoms with Crippen molar-refractivity contribution in [1.82, 2.24) is 0 Å². The Morgan fingerprint density at radius 2 is 2.46 bits per heavy atom. The van der Waals surface area contributed by atoms with E-state index in [1.165, 1.54) is 18.4 Å². The predicted molar refractivity (Wildman–Crippen MR) is 57.1 cm³/mol. The largest absolute Gasteiger partial charge is 0.353 e. The van der Waals surface area contributed by atoms with Crippen LogP contribution in [-0.2, 0) is 9.47 Å². The number of hydrogen-bond donors (Lipinski definition) is 0. The number of hydrogen-bond acceptors (Lipinski definition) is 2. The third-order valence-electron chi connectivity index (χ3n) is 2.06. The molecule has 0 aromatic rings. The van der Waals surface area contributed by atoms with Crippen molar-refractivity contribution in [2.75, 3.05) is 18.5 Å². The first-order chi connectivity index (χ1) is 6.33. The van der Waals surface area contributed by atoms with E-state index in [-0.39, 0.29) is 6.29 Å². The van der Waals surface area contributed by atoms with Gasteiger partial charge in [0.2, 0.25) is 0 Å². The van der Waals surface area contributed by atoms with Crippen LogP contribution in [0.15, 0.2) is 11.6 Å². The van der Waals surface area contributed by atoms with E-state index in [1.807, 2.05) is 0 Å². The molecule has 76 valence electrons. The summed E-state index contributed by atoms with van der Waals surface area (Å²) in [6.45, 7) is 3.62. The smallest absolute Gasteiger partial charge is 0.158 e. The first-order valence-corrected chi connectivity index (χ1v) is 5.90. The standard InChI is InChI=1S/C10H17BrO2/c1-9(5-6-11)8-13-10-4-2-3-7-12-10/h5,10H,2-4,6-8H2,1H3. The highest BCUT2D eigenvalue weighted by Crippen LogP contribution is 2.14. The Morgan fingerprint density at radius 3 is 3.08 bits per heavy atom. The predicted octanol–water partition coefficient (Wildman–Crippen LogP) is 2.87. The molecule has 0 aliphatic carbocycles. The van der Waals surface area contributed by atoms with Gasteiger partial charge in [0.15, 0.2) is 6.29 Å². The quantitative estimate of drug-likeness (QED) is 0.563. The lowest BCUT2D eigenvalue weighted by Crippen LogP contribution is -2.22. The molecule has 1 heterocycles. The van der Waals surface area contributed by atoms with Crippen LogP contribution < -0.4 is 0 Å². The summed E-state index contributed by atoms with van der Waals surface area (Å²) in [5, 5.41) is 0.897. The van der Waals surface area contributed by atoms with E-state index in [4.69, 9.17) is 9.47 Å². The molecule has 1 saturated heterocycles. The van der Waals surface area contributed by atoms with Crippen molar-refractivity contribution in [2.24, 2.45) is 0 Å². The van der Waals surface area contributed by atoms with Gasteiger partial charge in [-0.3, -0.25) is 0 Å². The van der Waals surface area contributed by atoms with E-state index < -0.39 is 0 Å². The average Bonchev–Trinajstić information content (AvgIpc) is 2.17. The van der Waals surface area contributed by atoms with Gasteiger partial charge in [-0.1, -0.05) is 27.6 Å². The molecule has 0 aromatic carbocycles. The maximum Gasteiger partial charge on any atom is 0.158 e. The Labute approximate surface area is 88.4 Å². The zero-order chi connectivity index (χ0) is 9.52. The molecule has 0 aromatic heterocycles. The van der Waals surface area contributed by atoms with Gasteiger partial charge in [-0.25, -0.2) is 0 Å². The van der Waals surface area contributed by atoms with E-state index >= 15 is 0 Å². The first-order valence-electron chi connectivity index (χ1n) is 4.77. The minimum atomic E-state index is 0.0347. The van der Waals surface area contributed by atoms with E-state index in [2.05, 4.69) is 28.9 Å². The fraction of sp³-hybridized carbons (Fsp3) is 0.800. The van der Waals surface area contributed by atoms with Gasteiger partial charge in [0, 0.05) is 11.9 Å². The molecule has 1 aliphatic rings. The van der Waals surface area contributed by atoms with Gasteiger partial charge in [-0.05, 0) is 26.2 Å². The van der Waals surface area contributed by atoms with Crippen LogP contribution in [0.3, 0.4) is 0 Å². The summed E-state index contributed by atoms with van der Waals surface area (Å²) in [5.41, 5.74) is 1.26. The van der Waals surface area contributed by atoms with Crippen LogP contribution in [0.2, 0.25) is 0 Å². The Bertz CT molecular complexity index is 162. The lowest BCUT2D eigenvalue weighted by atomic mass is 10.2. The molecule has 0 saturated carbocycles. The fourth-order valence-corrected chi connectivity index (χ4v) is 1.81. The van der Waals surface area contributed by atoms with Crippen molar-refractivity contribution in [1.29, 1.82) is 0 Å². The van der Waals surface area contributed by atoms with Crippen molar-refractivity contribution in [3.63, 3.8) is 0 Å². The van der Waals surface area contributed by atoms with Crippen LogP contribution in [0.25, 0.3) is 0 Å². The van der Waals surface area contributed by atoms with Gasteiger partial charge in [0.1, 0.15) is 0 Å². The van der Waals surface area contributed by atoms with Crippen molar-refractivity contribution in [2.45, 2.75) is 32.5 Å². The monoisotopic (exact) mass is 248 g/mol. The van der Waals surface area contributed by atoms with Crippen molar-refractivity contribution in [3.8, 4) is 0 Å². The highest BCUT2D eigenvalue weighted by molar-refractivity contribution is 9.09. The Balaban J connectivity index is 2.13. The molecule has 1 unspecified atom stereocenters. The van der Waals surface area contributed by atoms with Crippen molar-refractivity contribution >= 4 is 15.9 Å². The molecular formula is C10H17BrO2. The van der Waals surface area contributed by atoms with E-state index in [1.54, 1.807) is 0 Å². The Morgan fingerprint density at radius 1 is 1.62 bits per heavy atom. The topological polar surface area (TPSA) is 18.5 Å². The third kappa shape index (κ3) is 4.79. The number of rotatable bonds is 4. The van der Waals surface area contributed by atoms with Gasteiger partial charge in [-0.2, -0.15) is 0 Å². The molecule has 0 spiro atoms. The lowest BCUT2D eigenvalue weighted by Gasteiger charge is -2.22. The summed E-state index contributed by atoms with van der Waals surface area (Å²) in [5.74, 6) is 0. The molecule has 0 radical (unpaired) electrons. The summed E-state index contributed by atoms with van der Waals surface area (Å²) in [6, 6.07) is 0. The van der Waals surface area contributed by atoms with Crippen molar-refractivity contribution in [3.05, 3.63) is 11.6 Å². The maximum atomic E-state index is 5.59. The molecule has 0 bridgehead atoms. The fourth-order valence-electron chi connectivity index (χ4n) is 1.26. The summed E-state index contributed by atoms with van der Waals surface area (Å²) >= 11 is 3.35. The van der Waals surface area contributed by atoms with Crippen LogP contribution in [0.4, 0.5) is 0 Å². The highest BCUT2D eigenvalue weighted by atomic mass is 79.9. The molecular weight excluding hydrogens is 232 g/mol. The zero-order valence-corrected chi connectivity index (χ0v) is 9.68. The molecule has 0 amide bonds. The first kappa shape index (κ1) is 11.2. The maximum absolute atomic E-state index is 5.59. The molecule has 0 N–H and O–H groups in total. The lowest BCUT2D eigenvalue weighted by molar-refractivity contribution is -0.156. The van der Waals surface area contributed by atoms with Crippen LogP contribution in [0.1, 0.15) is 26.2 Å². The molecule has 2 nitrogen and oxygen atoms in total. The second-order valence-electron chi connectivity index (χ2n) is 3.31. The summed E-state index contributed by atoms with van der Waals surface area (Å²) in [4.78, 5) is 0. The minimum absolute atomic E-state index is 0.0347. The normalized spacial score (nSPS) is 24.8. The number of ether oxygens (including phenoxy) is 2. The minimum Gasteiger partial charge on any atom is -0.353 e. The van der Waals surface area contributed by atoms with Gasteiger partial charge >= 0.3 is 0 Å². The van der Waals surface area contributed by atoms with Gasteiger partial charge in [0.05, 0.1) is 6.61 Å². The number of allylic oxidation sites excluding steroid dienone is 1. The SMILES string of the molecule is CC(=CCBr)COC1CCCCO1. The highest BCUT2D eigenvalue weighted by Gasteiger charge is 2.13. The summed E-state index contributed by atoms with van der Waals surface area (Å²) in [6.07, 6.45) is 5.60. The van der Waals surface area contributed by atoms with Gasteiger partial charge in [0.25, 0.3) is 0 Å². The van der Waals surface area contributed by atoms with E-state index in [9.17, 15) is 0 Å². The molecule has 1 fully saturated rings. The summed E-state index contributed by atoms with van der Waals surface area (Å²) in [7, 11) is 0. The van der Waals surface area contributed by atoms with Crippen LogP contribution >= 0.6 is 15.9 Å². The second-order valence-corrected chi connectivity index (χ2v) is 3.96. The zero-order valence-electron chi connectivity index (χ0n) is 8.09. The molecule has 13 heavy (non-hydrogen) atoms. The average molecular weight is 249 g/mol. The summed E-state index contributed by atoms with van der Waals surface area (Å²) < 4.78 is 11.0. The second kappa shape index (κ2) is 6.57. The Kier molecular flexibility index (Phi) is 5.67. The number of halogens is 1. The van der Waals surface area contributed by atoms with E-state index in [0.29, 0.717) is 6.61 Å². The third-order valence-corrected chi connectivity index (χ3v) is 2.38. The van der Waals surface area contributed by atoms with Gasteiger partial charge < -0.3 is 9.47 Å².